The molecule has 0 aliphatic heterocycles. The lowest BCUT2D eigenvalue weighted by Crippen LogP contribution is -2.41. The van der Waals surface area contributed by atoms with Crippen molar-refractivity contribution in [3.8, 4) is 0 Å². The van der Waals surface area contributed by atoms with E-state index in [0.29, 0.717) is 6.54 Å². The summed E-state index contributed by atoms with van der Waals surface area (Å²) in [7, 11) is 0. The number of hydrogen-bond donors (Lipinski definition) is 2. The van der Waals surface area contributed by atoms with Gasteiger partial charge in [-0.3, -0.25) is 0 Å². The monoisotopic (exact) mass is 243 g/mol. The summed E-state index contributed by atoms with van der Waals surface area (Å²) in [6, 6.07) is 3.27. The summed E-state index contributed by atoms with van der Waals surface area (Å²) < 4.78 is 26.2. The van der Waals surface area contributed by atoms with Gasteiger partial charge in [-0.15, -0.1) is 0 Å². The van der Waals surface area contributed by atoms with Gasteiger partial charge in [0.15, 0.2) is 0 Å². The van der Waals surface area contributed by atoms with Crippen LogP contribution >= 0.6 is 0 Å². The molecule has 0 aromatic heterocycles. The molecular weight excluding hydrogens is 224 g/mol. The van der Waals surface area contributed by atoms with Gasteiger partial charge in [0, 0.05) is 18.5 Å². The highest BCUT2D eigenvalue weighted by Crippen LogP contribution is 2.12. The van der Waals surface area contributed by atoms with Gasteiger partial charge < -0.3 is 10.4 Å². The molecule has 1 aromatic rings. The Balaban J connectivity index is 2.56. The zero-order valence-electron chi connectivity index (χ0n) is 10.4. The molecule has 0 saturated carbocycles. The summed E-state index contributed by atoms with van der Waals surface area (Å²) in [4.78, 5) is 0. The third kappa shape index (κ3) is 5.24. The van der Waals surface area contributed by atoms with Crippen molar-refractivity contribution in [2.75, 3.05) is 6.54 Å². The quantitative estimate of drug-likeness (QED) is 0.850. The molecule has 4 heteroatoms. The Labute approximate surface area is 101 Å². The number of nitrogens with one attached hydrogen (secondary N) is 1. The molecule has 1 aromatic carbocycles. The molecule has 0 radical (unpaired) electrons. The Morgan fingerprint density at radius 1 is 1.29 bits per heavy atom. The van der Waals surface area contributed by atoms with E-state index in [9.17, 15) is 13.9 Å². The fourth-order valence-corrected chi connectivity index (χ4v) is 1.45. The minimum absolute atomic E-state index is 0.104. The van der Waals surface area contributed by atoms with E-state index in [1.165, 1.54) is 0 Å². The molecule has 0 aliphatic rings. The number of aliphatic hydroxyl groups is 1. The van der Waals surface area contributed by atoms with Crippen LogP contribution in [0.25, 0.3) is 0 Å². The molecule has 0 heterocycles. The minimum atomic E-state index is -0.731. The van der Waals surface area contributed by atoms with E-state index >= 15 is 0 Å². The molecule has 17 heavy (non-hydrogen) atoms. The molecule has 0 saturated heterocycles. The van der Waals surface area contributed by atoms with Gasteiger partial charge in [-0.05, 0) is 44.5 Å². The van der Waals surface area contributed by atoms with Gasteiger partial charge in [0.05, 0.1) is 6.10 Å². The van der Waals surface area contributed by atoms with Crippen molar-refractivity contribution < 1.29 is 13.9 Å². The van der Waals surface area contributed by atoms with E-state index < -0.39 is 17.7 Å². The Kier molecular flexibility index (Phi) is 4.60. The zero-order chi connectivity index (χ0) is 13.1. The first-order valence-electron chi connectivity index (χ1n) is 5.65. The zero-order valence-corrected chi connectivity index (χ0v) is 10.4. The molecule has 2 nitrogen and oxygen atoms in total. The van der Waals surface area contributed by atoms with Crippen LogP contribution in [0.1, 0.15) is 26.3 Å². The standard InChI is InChI=1S/C13H19F2NO/c1-13(2,3)16-8-11(17)7-9-6-10(14)4-5-12(9)15/h4-6,11,16-17H,7-8H2,1-3H3. The lowest BCUT2D eigenvalue weighted by molar-refractivity contribution is 0.160. The van der Waals surface area contributed by atoms with E-state index in [1.807, 2.05) is 20.8 Å². The first-order chi connectivity index (χ1) is 7.78. The predicted octanol–water partition coefficient (Wildman–Crippen LogP) is 2.26. The van der Waals surface area contributed by atoms with Crippen molar-refractivity contribution in [2.45, 2.75) is 38.8 Å². The van der Waals surface area contributed by atoms with Crippen molar-refractivity contribution in [2.24, 2.45) is 0 Å². The maximum atomic E-state index is 13.3. The number of halogens is 2. The first kappa shape index (κ1) is 14.1. The van der Waals surface area contributed by atoms with Crippen LogP contribution in [0.3, 0.4) is 0 Å². The summed E-state index contributed by atoms with van der Waals surface area (Å²) >= 11 is 0. The summed E-state index contributed by atoms with van der Waals surface area (Å²) in [5.41, 5.74) is 0.0924. The maximum Gasteiger partial charge on any atom is 0.126 e. The van der Waals surface area contributed by atoms with E-state index in [2.05, 4.69) is 5.32 Å². The van der Waals surface area contributed by atoms with Gasteiger partial charge in [0.1, 0.15) is 11.6 Å². The molecule has 0 amide bonds. The lowest BCUT2D eigenvalue weighted by Gasteiger charge is -2.23. The largest absolute Gasteiger partial charge is 0.391 e. The number of benzene rings is 1. The summed E-state index contributed by atoms with van der Waals surface area (Å²) in [6.45, 7) is 6.27. The number of hydrogen-bond acceptors (Lipinski definition) is 2. The smallest absolute Gasteiger partial charge is 0.126 e. The minimum Gasteiger partial charge on any atom is -0.391 e. The second-order valence-electron chi connectivity index (χ2n) is 5.22. The van der Waals surface area contributed by atoms with Gasteiger partial charge in [-0.25, -0.2) is 8.78 Å². The second kappa shape index (κ2) is 5.56. The van der Waals surface area contributed by atoms with Crippen LogP contribution in [0, 0.1) is 11.6 Å². The van der Waals surface area contributed by atoms with Crippen LogP contribution in [-0.2, 0) is 6.42 Å². The number of aliphatic hydroxyl groups excluding tert-OH is 1. The molecule has 0 bridgehead atoms. The van der Waals surface area contributed by atoms with E-state index in [4.69, 9.17) is 0 Å². The maximum absolute atomic E-state index is 13.3. The van der Waals surface area contributed by atoms with Crippen LogP contribution in [0.15, 0.2) is 18.2 Å². The second-order valence-corrected chi connectivity index (χ2v) is 5.22. The summed E-state index contributed by atoms with van der Waals surface area (Å²) in [5.74, 6) is -0.974. The third-order valence-corrected chi connectivity index (χ3v) is 2.33. The fraction of sp³-hybridized carbons (Fsp3) is 0.538. The van der Waals surface area contributed by atoms with E-state index in [-0.39, 0.29) is 17.5 Å². The summed E-state index contributed by atoms with van der Waals surface area (Å²) in [5, 5.41) is 12.8. The van der Waals surface area contributed by atoms with Gasteiger partial charge in [0.2, 0.25) is 0 Å². The van der Waals surface area contributed by atoms with Crippen LogP contribution in [0.2, 0.25) is 0 Å². The Hall–Kier alpha value is -1.00. The normalized spacial score (nSPS) is 13.8. The number of β-amino-alcohol motifs (C(OH)–C–C–N with tert-alkyl or cyclic N) is 1. The third-order valence-electron chi connectivity index (χ3n) is 2.33. The highest BCUT2D eigenvalue weighted by Gasteiger charge is 2.14. The molecule has 0 fully saturated rings. The molecule has 0 spiro atoms. The van der Waals surface area contributed by atoms with Crippen molar-refractivity contribution >= 4 is 0 Å². The average molecular weight is 243 g/mol. The molecular formula is C13H19F2NO. The van der Waals surface area contributed by atoms with Gasteiger partial charge >= 0.3 is 0 Å². The molecule has 2 N–H and O–H groups in total. The van der Waals surface area contributed by atoms with Crippen molar-refractivity contribution in [1.82, 2.24) is 5.32 Å². The lowest BCUT2D eigenvalue weighted by atomic mass is 10.0. The Morgan fingerprint density at radius 2 is 1.94 bits per heavy atom. The predicted molar refractivity (Wildman–Crippen MR) is 63.8 cm³/mol. The van der Waals surface area contributed by atoms with Crippen LogP contribution < -0.4 is 5.32 Å². The Morgan fingerprint density at radius 3 is 2.53 bits per heavy atom. The molecule has 1 atom stereocenters. The van der Waals surface area contributed by atoms with Crippen molar-refractivity contribution in [3.63, 3.8) is 0 Å². The highest BCUT2D eigenvalue weighted by molar-refractivity contribution is 5.19. The van der Waals surface area contributed by atoms with Crippen LogP contribution in [0.5, 0.6) is 0 Å². The molecule has 1 rings (SSSR count). The SMILES string of the molecule is CC(C)(C)NCC(O)Cc1cc(F)ccc1F. The number of rotatable bonds is 4. The van der Waals surface area contributed by atoms with E-state index in [1.54, 1.807) is 0 Å². The summed E-state index contributed by atoms with van der Waals surface area (Å²) in [6.07, 6.45) is -0.627. The average Bonchev–Trinajstić information content (AvgIpc) is 2.20. The van der Waals surface area contributed by atoms with Crippen LogP contribution in [-0.4, -0.2) is 23.3 Å². The molecule has 1 unspecified atom stereocenters. The molecule has 0 aliphatic carbocycles. The molecule has 96 valence electrons. The van der Waals surface area contributed by atoms with Crippen molar-refractivity contribution in [1.29, 1.82) is 0 Å². The van der Waals surface area contributed by atoms with Gasteiger partial charge in [0.25, 0.3) is 0 Å². The highest BCUT2D eigenvalue weighted by atomic mass is 19.1. The van der Waals surface area contributed by atoms with Gasteiger partial charge in [-0.2, -0.15) is 0 Å². The van der Waals surface area contributed by atoms with Gasteiger partial charge in [-0.1, -0.05) is 0 Å². The van der Waals surface area contributed by atoms with E-state index in [0.717, 1.165) is 18.2 Å². The van der Waals surface area contributed by atoms with Crippen molar-refractivity contribution in [3.05, 3.63) is 35.4 Å². The fourth-order valence-electron chi connectivity index (χ4n) is 1.45. The topological polar surface area (TPSA) is 32.3 Å². The van der Waals surface area contributed by atoms with Crippen LogP contribution in [0.4, 0.5) is 8.78 Å². The Bertz CT molecular complexity index is 374. The first-order valence-corrected chi connectivity index (χ1v) is 5.65.